The Morgan fingerprint density at radius 3 is 1.98 bits per heavy atom. The van der Waals surface area contributed by atoms with E-state index in [1.165, 1.54) is 22.1 Å². The molecule has 9 rings (SSSR count). The quantitative estimate of drug-likeness (QED) is 0.213. The van der Waals surface area contributed by atoms with E-state index in [0.717, 1.165) is 61.7 Å². The van der Waals surface area contributed by atoms with Crippen LogP contribution >= 0.6 is 0 Å². The van der Waals surface area contributed by atoms with Gasteiger partial charge in [0.1, 0.15) is 17.3 Å². The number of aromatic nitrogens is 2. The zero-order valence-electron chi connectivity index (χ0n) is 23.8. The summed E-state index contributed by atoms with van der Waals surface area (Å²) in [5, 5.41) is 2.34. The minimum absolute atomic E-state index is 0.894. The third-order valence-corrected chi connectivity index (χ3v) is 8.63. The average molecular weight is 563 g/mol. The third-order valence-electron chi connectivity index (χ3n) is 8.63. The van der Waals surface area contributed by atoms with Crippen molar-refractivity contribution in [2.24, 2.45) is 0 Å². The summed E-state index contributed by atoms with van der Waals surface area (Å²) in [5.74, 6) is 2.73. The lowest BCUT2D eigenvalue weighted by molar-refractivity contribution is 0.487. The van der Waals surface area contributed by atoms with Crippen LogP contribution in [0.3, 0.4) is 0 Å². The number of benzene rings is 7. The first-order valence-corrected chi connectivity index (χ1v) is 14.9. The molecular weight excluding hydrogens is 536 g/mol. The van der Waals surface area contributed by atoms with Crippen LogP contribution < -0.4 is 4.74 Å². The molecule has 0 unspecified atom stereocenters. The molecule has 0 saturated carbocycles. The molecule has 206 valence electrons. The van der Waals surface area contributed by atoms with E-state index in [-0.39, 0.29) is 0 Å². The highest BCUT2D eigenvalue weighted by Gasteiger charge is 2.22. The highest BCUT2D eigenvalue weighted by atomic mass is 16.5. The number of fused-ring (bicyclic) bond motifs is 3. The van der Waals surface area contributed by atoms with Gasteiger partial charge in [-0.25, -0.2) is 4.98 Å². The fraction of sp³-hybridized carbons (Fsp3) is 0. The van der Waals surface area contributed by atoms with Gasteiger partial charge in [-0.2, -0.15) is 0 Å². The maximum Gasteiger partial charge on any atom is 0.145 e. The van der Waals surface area contributed by atoms with Crippen LogP contribution in [0.2, 0.25) is 0 Å². The van der Waals surface area contributed by atoms with Crippen molar-refractivity contribution in [2.45, 2.75) is 0 Å². The van der Waals surface area contributed by atoms with Gasteiger partial charge in [0.25, 0.3) is 0 Å². The van der Waals surface area contributed by atoms with E-state index in [4.69, 9.17) is 9.72 Å². The van der Waals surface area contributed by atoms with Crippen molar-refractivity contribution in [1.29, 1.82) is 0 Å². The van der Waals surface area contributed by atoms with E-state index in [0.29, 0.717) is 0 Å². The summed E-state index contributed by atoms with van der Waals surface area (Å²) in [6.45, 7) is 0. The lowest BCUT2D eigenvalue weighted by Crippen LogP contribution is -1.99. The summed E-state index contributed by atoms with van der Waals surface area (Å²) in [6.07, 6.45) is 0. The van der Waals surface area contributed by atoms with Crippen LogP contribution in [0.1, 0.15) is 0 Å². The number of hydrogen-bond acceptors (Lipinski definition) is 2. The van der Waals surface area contributed by atoms with Crippen molar-refractivity contribution >= 4 is 21.8 Å². The Morgan fingerprint density at radius 2 is 1.16 bits per heavy atom. The first-order chi connectivity index (χ1) is 21.8. The third kappa shape index (κ3) is 3.87. The molecule has 1 aromatic heterocycles. The maximum atomic E-state index is 6.56. The van der Waals surface area contributed by atoms with Crippen molar-refractivity contribution in [2.75, 3.05) is 0 Å². The van der Waals surface area contributed by atoms with Gasteiger partial charge < -0.3 is 4.74 Å². The zero-order valence-corrected chi connectivity index (χ0v) is 23.8. The second kappa shape index (κ2) is 9.82. The molecule has 0 fully saturated rings. The SMILES string of the molecule is c1ccc(-c2ccc3c(c2)Oc2ccc(-c4ccc(-n5c(-c6ccccc6)nc6ccccc65)cc4)c4cccc-3c24)cc1. The van der Waals surface area contributed by atoms with E-state index in [9.17, 15) is 0 Å². The molecule has 3 heteroatoms. The predicted octanol–water partition coefficient (Wildman–Crippen LogP) is 11.0. The molecule has 0 spiro atoms. The summed E-state index contributed by atoms with van der Waals surface area (Å²) in [7, 11) is 0. The van der Waals surface area contributed by atoms with Gasteiger partial charge in [-0.05, 0) is 75.7 Å². The number of hydrogen-bond donors (Lipinski definition) is 0. The van der Waals surface area contributed by atoms with Gasteiger partial charge in [0.15, 0.2) is 0 Å². The second-order valence-corrected chi connectivity index (χ2v) is 11.2. The molecule has 0 N–H and O–H groups in total. The highest BCUT2D eigenvalue weighted by Crippen LogP contribution is 2.49. The van der Waals surface area contributed by atoms with Gasteiger partial charge in [-0.15, -0.1) is 0 Å². The van der Waals surface area contributed by atoms with E-state index >= 15 is 0 Å². The molecule has 0 aliphatic carbocycles. The second-order valence-electron chi connectivity index (χ2n) is 11.2. The Bertz CT molecular complexity index is 2340. The molecule has 3 nitrogen and oxygen atoms in total. The molecule has 0 bridgehead atoms. The topological polar surface area (TPSA) is 27.1 Å². The van der Waals surface area contributed by atoms with E-state index in [1.807, 2.05) is 18.2 Å². The van der Waals surface area contributed by atoms with Crippen molar-refractivity contribution in [3.05, 3.63) is 158 Å². The van der Waals surface area contributed by atoms with E-state index in [2.05, 4.69) is 144 Å². The van der Waals surface area contributed by atoms with Crippen LogP contribution in [0, 0.1) is 0 Å². The van der Waals surface area contributed by atoms with Crippen molar-refractivity contribution in [3.63, 3.8) is 0 Å². The van der Waals surface area contributed by atoms with Gasteiger partial charge in [-0.1, -0.05) is 115 Å². The smallest absolute Gasteiger partial charge is 0.145 e. The van der Waals surface area contributed by atoms with Gasteiger partial charge >= 0.3 is 0 Å². The number of imidazole rings is 1. The standard InChI is InChI=1S/C41H26N2O/c1-3-10-27(11-4-1)30-20-23-33-35-15-9-14-34-32(24-25-38(40(34)35)44-39(33)26-30)28-18-21-31(22-19-28)43-37-17-8-7-16-36(37)42-41(43)29-12-5-2-6-13-29/h1-26H. The predicted molar refractivity (Wildman–Crippen MR) is 180 cm³/mol. The summed E-state index contributed by atoms with van der Waals surface area (Å²) in [5.41, 5.74) is 11.2. The Morgan fingerprint density at radius 1 is 0.455 bits per heavy atom. The van der Waals surface area contributed by atoms with E-state index in [1.54, 1.807) is 0 Å². The molecule has 7 aromatic carbocycles. The van der Waals surface area contributed by atoms with Crippen molar-refractivity contribution in [3.8, 4) is 62.0 Å². The largest absolute Gasteiger partial charge is 0.456 e. The highest BCUT2D eigenvalue weighted by molar-refractivity contribution is 6.10. The van der Waals surface area contributed by atoms with Gasteiger partial charge in [0.05, 0.1) is 11.0 Å². The minimum atomic E-state index is 0.894. The van der Waals surface area contributed by atoms with Crippen molar-refractivity contribution in [1.82, 2.24) is 9.55 Å². The molecule has 1 aliphatic rings. The summed E-state index contributed by atoms with van der Waals surface area (Å²) in [4.78, 5) is 5.01. The van der Waals surface area contributed by atoms with Crippen molar-refractivity contribution < 1.29 is 4.74 Å². The molecule has 2 heterocycles. The van der Waals surface area contributed by atoms with Gasteiger partial charge in [-0.3, -0.25) is 4.57 Å². The molecule has 1 aliphatic heterocycles. The lowest BCUT2D eigenvalue weighted by atomic mass is 9.89. The van der Waals surface area contributed by atoms with Crippen LogP contribution in [0.5, 0.6) is 11.5 Å². The van der Waals surface area contributed by atoms with Gasteiger partial charge in [0, 0.05) is 22.2 Å². The number of nitrogens with zero attached hydrogens (tertiary/aromatic N) is 2. The summed E-state index contributed by atoms with van der Waals surface area (Å²) in [6, 6.07) is 55.4. The fourth-order valence-electron chi connectivity index (χ4n) is 6.55. The Hall–Kier alpha value is -5.93. The van der Waals surface area contributed by atoms with Crippen LogP contribution in [0.4, 0.5) is 0 Å². The Labute approximate surface area is 255 Å². The van der Waals surface area contributed by atoms with Crippen LogP contribution in [0.15, 0.2) is 158 Å². The number of rotatable bonds is 4. The fourth-order valence-corrected chi connectivity index (χ4v) is 6.55. The monoisotopic (exact) mass is 562 g/mol. The van der Waals surface area contributed by atoms with E-state index < -0.39 is 0 Å². The lowest BCUT2D eigenvalue weighted by Gasteiger charge is -2.23. The summed E-state index contributed by atoms with van der Waals surface area (Å²) < 4.78 is 8.81. The van der Waals surface area contributed by atoms with Crippen LogP contribution in [0.25, 0.3) is 72.3 Å². The first-order valence-electron chi connectivity index (χ1n) is 14.9. The molecular formula is C41H26N2O. The minimum Gasteiger partial charge on any atom is -0.456 e. The van der Waals surface area contributed by atoms with Crippen LogP contribution in [-0.2, 0) is 0 Å². The normalized spacial score (nSPS) is 11.8. The number of para-hydroxylation sites is 2. The molecule has 0 saturated heterocycles. The van der Waals surface area contributed by atoms with Gasteiger partial charge in [0.2, 0.25) is 0 Å². The molecule has 8 aromatic rings. The summed E-state index contributed by atoms with van der Waals surface area (Å²) >= 11 is 0. The first kappa shape index (κ1) is 24.6. The molecule has 0 radical (unpaired) electrons. The molecule has 44 heavy (non-hydrogen) atoms. The van der Waals surface area contributed by atoms with Crippen LogP contribution in [-0.4, -0.2) is 9.55 Å². The molecule has 0 amide bonds. The number of ether oxygens (including phenoxy) is 1. The zero-order chi connectivity index (χ0) is 29.0. The Kier molecular flexibility index (Phi) is 5.50. The molecule has 0 atom stereocenters. The Balaban J connectivity index is 1.14. The maximum absolute atomic E-state index is 6.56. The average Bonchev–Trinajstić information content (AvgIpc) is 3.49.